The highest BCUT2D eigenvalue weighted by molar-refractivity contribution is 6.34. The highest BCUT2D eigenvalue weighted by Crippen LogP contribution is 2.44. The Morgan fingerprint density at radius 3 is 2.70 bits per heavy atom. The van der Waals surface area contributed by atoms with E-state index in [2.05, 4.69) is 5.32 Å². The van der Waals surface area contributed by atoms with Crippen LogP contribution in [0.5, 0.6) is 0 Å². The number of carbonyl (C=O) groups excluding carboxylic acids is 1. The Morgan fingerprint density at radius 2 is 2.15 bits per heavy atom. The number of non-ortho nitro benzene ring substituents is 1. The molecule has 0 unspecified atom stereocenters. The fraction of sp³-hybridized carbons (Fsp3) is 0.500. The Hall–Kier alpha value is -1.62. The van der Waals surface area contributed by atoms with Crippen LogP contribution in [-0.4, -0.2) is 16.9 Å². The van der Waals surface area contributed by atoms with Gasteiger partial charge in [-0.2, -0.15) is 0 Å². The number of amides is 1. The second-order valence-electron chi connectivity index (χ2n) is 5.68. The molecule has 2 fully saturated rings. The van der Waals surface area contributed by atoms with Crippen LogP contribution in [-0.2, 0) is 0 Å². The molecule has 1 aromatic rings. The largest absolute Gasteiger partial charge is 0.349 e. The summed E-state index contributed by atoms with van der Waals surface area (Å²) in [5.41, 5.74) is 0.200. The summed E-state index contributed by atoms with van der Waals surface area (Å²) in [6.45, 7) is 0. The molecule has 0 spiro atoms. The molecule has 106 valence electrons. The van der Waals surface area contributed by atoms with Crippen LogP contribution in [0.4, 0.5) is 5.69 Å². The number of nitrogens with zero attached hydrogens (tertiary/aromatic N) is 1. The van der Waals surface area contributed by atoms with Crippen molar-refractivity contribution in [2.75, 3.05) is 0 Å². The summed E-state index contributed by atoms with van der Waals surface area (Å²) in [6.07, 6.45) is 4.71. The molecule has 1 N–H and O–H groups in total. The van der Waals surface area contributed by atoms with Crippen molar-refractivity contribution in [2.24, 2.45) is 11.8 Å². The van der Waals surface area contributed by atoms with E-state index in [9.17, 15) is 14.9 Å². The Balaban J connectivity index is 1.72. The fourth-order valence-corrected chi connectivity index (χ4v) is 3.73. The van der Waals surface area contributed by atoms with Gasteiger partial charge >= 0.3 is 0 Å². The van der Waals surface area contributed by atoms with E-state index in [0.29, 0.717) is 11.5 Å². The van der Waals surface area contributed by atoms with E-state index in [4.69, 9.17) is 11.6 Å². The summed E-state index contributed by atoms with van der Waals surface area (Å²) in [7, 11) is 0. The highest BCUT2D eigenvalue weighted by Gasteiger charge is 2.40. The van der Waals surface area contributed by atoms with Gasteiger partial charge in [-0.05, 0) is 37.2 Å². The molecule has 3 rings (SSSR count). The van der Waals surface area contributed by atoms with Gasteiger partial charge in [0.1, 0.15) is 0 Å². The van der Waals surface area contributed by atoms with Gasteiger partial charge in [0, 0.05) is 18.2 Å². The minimum Gasteiger partial charge on any atom is -0.349 e. The normalized spacial score (nSPS) is 27.6. The second-order valence-corrected chi connectivity index (χ2v) is 6.08. The van der Waals surface area contributed by atoms with Crippen LogP contribution in [0.3, 0.4) is 0 Å². The minimum absolute atomic E-state index is 0.105. The van der Waals surface area contributed by atoms with E-state index in [1.165, 1.54) is 37.5 Å². The lowest BCUT2D eigenvalue weighted by Crippen LogP contribution is -2.38. The first-order chi connectivity index (χ1) is 9.54. The molecule has 20 heavy (non-hydrogen) atoms. The van der Waals surface area contributed by atoms with E-state index in [1.54, 1.807) is 0 Å². The first-order valence-electron chi connectivity index (χ1n) is 6.79. The van der Waals surface area contributed by atoms with Crippen molar-refractivity contribution in [1.82, 2.24) is 5.32 Å². The number of hydrogen-bond donors (Lipinski definition) is 1. The summed E-state index contributed by atoms with van der Waals surface area (Å²) < 4.78 is 0. The second kappa shape index (κ2) is 5.05. The van der Waals surface area contributed by atoms with Crippen molar-refractivity contribution < 1.29 is 9.72 Å². The van der Waals surface area contributed by atoms with Gasteiger partial charge in [-0.1, -0.05) is 18.0 Å². The highest BCUT2D eigenvalue weighted by atomic mass is 35.5. The number of fused-ring (bicyclic) bond motifs is 2. The zero-order chi connectivity index (χ0) is 14.3. The Morgan fingerprint density at radius 1 is 1.35 bits per heavy atom. The van der Waals surface area contributed by atoms with E-state index in [0.717, 1.165) is 12.3 Å². The van der Waals surface area contributed by atoms with Crippen LogP contribution in [0.2, 0.25) is 5.02 Å². The molecule has 0 saturated heterocycles. The number of nitro groups is 1. The first-order valence-corrected chi connectivity index (χ1v) is 7.17. The summed E-state index contributed by atoms with van der Waals surface area (Å²) in [4.78, 5) is 22.3. The number of benzene rings is 1. The van der Waals surface area contributed by atoms with Crippen LogP contribution in [0, 0.1) is 22.0 Å². The van der Waals surface area contributed by atoms with Gasteiger partial charge < -0.3 is 5.32 Å². The number of nitrogens with one attached hydrogen (secondary N) is 1. The van der Waals surface area contributed by atoms with Crippen molar-refractivity contribution in [3.8, 4) is 0 Å². The third-order valence-corrected chi connectivity index (χ3v) is 4.78. The summed E-state index contributed by atoms with van der Waals surface area (Å²) in [5, 5.41) is 13.8. The molecule has 5 nitrogen and oxygen atoms in total. The number of rotatable bonds is 3. The van der Waals surface area contributed by atoms with Gasteiger partial charge in [-0.15, -0.1) is 0 Å². The number of hydrogen-bond acceptors (Lipinski definition) is 3. The molecule has 0 aliphatic heterocycles. The van der Waals surface area contributed by atoms with E-state index in [1.807, 2.05) is 0 Å². The first kappa shape index (κ1) is 13.4. The van der Waals surface area contributed by atoms with E-state index in [-0.39, 0.29) is 22.7 Å². The smallest absolute Gasteiger partial charge is 0.270 e. The van der Waals surface area contributed by atoms with Crippen molar-refractivity contribution in [1.29, 1.82) is 0 Å². The Kier molecular flexibility index (Phi) is 3.38. The Bertz CT molecular complexity index is 576. The van der Waals surface area contributed by atoms with Gasteiger partial charge in [-0.3, -0.25) is 14.9 Å². The minimum atomic E-state index is -0.524. The van der Waals surface area contributed by atoms with Crippen molar-refractivity contribution in [3.05, 3.63) is 38.9 Å². The SMILES string of the molecule is O=C(N[C@H]1C[C@H]2CC[C@@H]1C2)c1ccc([N+](=O)[O-])cc1Cl. The Labute approximate surface area is 121 Å². The maximum atomic E-state index is 12.2. The molecule has 0 aromatic heterocycles. The van der Waals surface area contributed by atoms with E-state index < -0.39 is 4.92 Å². The van der Waals surface area contributed by atoms with Crippen LogP contribution in [0.1, 0.15) is 36.0 Å². The van der Waals surface area contributed by atoms with Crippen molar-refractivity contribution in [2.45, 2.75) is 31.7 Å². The maximum Gasteiger partial charge on any atom is 0.270 e. The lowest BCUT2D eigenvalue weighted by molar-refractivity contribution is -0.384. The zero-order valence-corrected chi connectivity index (χ0v) is 11.6. The lowest BCUT2D eigenvalue weighted by Gasteiger charge is -2.23. The summed E-state index contributed by atoms with van der Waals surface area (Å²) in [5.74, 6) is 1.10. The summed E-state index contributed by atoms with van der Waals surface area (Å²) in [6, 6.07) is 4.18. The number of halogens is 1. The zero-order valence-electron chi connectivity index (χ0n) is 10.8. The fourth-order valence-electron chi connectivity index (χ4n) is 3.47. The predicted octanol–water partition coefficient (Wildman–Crippen LogP) is 3.17. The lowest BCUT2D eigenvalue weighted by atomic mass is 9.95. The number of carbonyl (C=O) groups is 1. The average Bonchev–Trinajstić information content (AvgIpc) is 3.00. The third-order valence-electron chi connectivity index (χ3n) is 4.46. The standard InChI is InChI=1S/C14H15ClN2O3/c15-12-7-10(17(19)20)3-4-11(12)14(18)16-13-6-8-1-2-9(13)5-8/h3-4,7-9,13H,1-2,5-6H2,(H,16,18)/t8-,9+,13-/m0/s1. The van der Waals surface area contributed by atoms with Crippen LogP contribution < -0.4 is 5.32 Å². The van der Waals surface area contributed by atoms with Gasteiger partial charge in [0.15, 0.2) is 0 Å². The van der Waals surface area contributed by atoms with Crippen LogP contribution in [0.15, 0.2) is 18.2 Å². The van der Waals surface area contributed by atoms with Gasteiger partial charge in [0.2, 0.25) is 0 Å². The monoisotopic (exact) mass is 294 g/mol. The molecular formula is C14H15ClN2O3. The molecule has 1 aromatic carbocycles. The van der Waals surface area contributed by atoms with Gasteiger partial charge in [-0.25, -0.2) is 0 Å². The molecule has 2 aliphatic rings. The predicted molar refractivity (Wildman–Crippen MR) is 74.8 cm³/mol. The average molecular weight is 295 g/mol. The van der Waals surface area contributed by atoms with Crippen molar-refractivity contribution in [3.63, 3.8) is 0 Å². The summed E-state index contributed by atoms with van der Waals surface area (Å²) >= 11 is 5.97. The molecule has 2 saturated carbocycles. The van der Waals surface area contributed by atoms with Gasteiger partial charge in [0.25, 0.3) is 11.6 Å². The third kappa shape index (κ3) is 2.38. The molecule has 3 atom stereocenters. The van der Waals surface area contributed by atoms with Crippen LogP contribution in [0.25, 0.3) is 0 Å². The van der Waals surface area contributed by atoms with Crippen LogP contribution >= 0.6 is 11.6 Å². The quantitative estimate of drug-likeness (QED) is 0.687. The topological polar surface area (TPSA) is 72.2 Å². The van der Waals surface area contributed by atoms with Gasteiger partial charge in [0.05, 0.1) is 15.5 Å². The van der Waals surface area contributed by atoms with E-state index >= 15 is 0 Å². The molecular weight excluding hydrogens is 280 g/mol. The molecule has 0 radical (unpaired) electrons. The molecule has 0 heterocycles. The molecule has 1 amide bonds. The molecule has 6 heteroatoms. The molecule has 2 bridgehead atoms. The maximum absolute atomic E-state index is 12.2. The molecule has 2 aliphatic carbocycles. The van der Waals surface area contributed by atoms with Crippen molar-refractivity contribution >= 4 is 23.2 Å². The number of nitro benzene ring substituents is 1.